The van der Waals surface area contributed by atoms with E-state index < -0.39 is 0 Å². The van der Waals surface area contributed by atoms with Gasteiger partial charge in [-0.1, -0.05) is 0 Å². The lowest BCUT2D eigenvalue weighted by Crippen LogP contribution is -2.28. The first kappa shape index (κ1) is 11.5. The van der Waals surface area contributed by atoms with Gasteiger partial charge in [-0.15, -0.1) is 11.3 Å². The summed E-state index contributed by atoms with van der Waals surface area (Å²) in [7, 11) is 0. The summed E-state index contributed by atoms with van der Waals surface area (Å²) in [6, 6.07) is 7.18. The smallest absolute Gasteiger partial charge is 0.270 e. The van der Waals surface area contributed by atoms with Gasteiger partial charge in [-0.2, -0.15) is 0 Å². The number of thiophene rings is 1. The Labute approximate surface area is 109 Å². The standard InChI is InChI=1S/C13H14N2O2S/c16-15(17)11-4-5-12-10(8-11)9-13(18-12)14-6-2-1-3-7-14/h4-5,8-9H,1-3,6-7H2. The predicted octanol–water partition coefficient (Wildman–Crippen LogP) is 3.80. The molecule has 1 aromatic heterocycles. The lowest BCUT2D eigenvalue weighted by atomic mass is 10.1. The second kappa shape index (κ2) is 4.57. The van der Waals surface area contributed by atoms with E-state index >= 15 is 0 Å². The molecule has 0 amide bonds. The van der Waals surface area contributed by atoms with Crippen molar-refractivity contribution >= 4 is 32.1 Å². The first-order valence-corrected chi connectivity index (χ1v) is 6.98. The summed E-state index contributed by atoms with van der Waals surface area (Å²) in [6.45, 7) is 2.21. The third-order valence-electron chi connectivity index (χ3n) is 3.37. The van der Waals surface area contributed by atoms with Crippen molar-refractivity contribution in [1.82, 2.24) is 0 Å². The highest BCUT2D eigenvalue weighted by Gasteiger charge is 2.15. The monoisotopic (exact) mass is 262 g/mol. The zero-order chi connectivity index (χ0) is 12.5. The highest BCUT2D eigenvalue weighted by molar-refractivity contribution is 7.22. The molecule has 2 aromatic rings. The van der Waals surface area contributed by atoms with Gasteiger partial charge in [-0.3, -0.25) is 10.1 Å². The molecule has 1 aromatic carbocycles. The van der Waals surface area contributed by atoms with E-state index in [0.717, 1.165) is 23.2 Å². The van der Waals surface area contributed by atoms with Crippen molar-refractivity contribution in [3.63, 3.8) is 0 Å². The average molecular weight is 262 g/mol. The normalized spacial score (nSPS) is 16.1. The summed E-state index contributed by atoms with van der Waals surface area (Å²) in [5, 5.41) is 13.0. The quantitative estimate of drug-likeness (QED) is 0.611. The Morgan fingerprint density at radius 1 is 1.17 bits per heavy atom. The zero-order valence-corrected chi connectivity index (χ0v) is 10.8. The van der Waals surface area contributed by atoms with Gasteiger partial charge in [0.05, 0.1) is 9.92 Å². The van der Waals surface area contributed by atoms with Crippen LogP contribution in [0, 0.1) is 10.1 Å². The highest BCUT2D eigenvalue weighted by atomic mass is 32.1. The Morgan fingerprint density at radius 3 is 2.67 bits per heavy atom. The van der Waals surface area contributed by atoms with Crippen LogP contribution < -0.4 is 4.90 Å². The molecule has 0 bridgehead atoms. The maximum atomic E-state index is 10.8. The first-order valence-electron chi connectivity index (χ1n) is 6.17. The van der Waals surface area contributed by atoms with Crippen LogP contribution >= 0.6 is 11.3 Å². The maximum Gasteiger partial charge on any atom is 0.270 e. The summed E-state index contributed by atoms with van der Waals surface area (Å²) in [4.78, 5) is 12.8. The molecule has 94 valence electrons. The van der Waals surface area contributed by atoms with Crippen molar-refractivity contribution in [3.8, 4) is 0 Å². The van der Waals surface area contributed by atoms with Gasteiger partial charge in [0.25, 0.3) is 5.69 Å². The third-order valence-corrected chi connectivity index (χ3v) is 4.54. The van der Waals surface area contributed by atoms with Gasteiger partial charge in [0.1, 0.15) is 0 Å². The minimum absolute atomic E-state index is 0.172. The molecular formula is C13H14N2O2S. The van der Waals surface area contributed by atoms with E-state index in [1.807, 2.05) is 6.07 Å². The minimum atomic E-state index is -0.336. The molecule has 1 aliphatic rings. The van der Waals surface area contributed by atoms with Crippen LogP contribution in [0.4, 0.5) is 10.7 Å². The molecule has 2 heterocycles. The molecule has 0 spiro atoms. The van der Waals surface area contributed by atoms with Crippen LogP contribution in [0.15, 0.2) is 24.3 Å². The molecule has 0 saturated carbocycles. The molecular weight excluding hydrogens is 248 g/mol. The number of nitro benzene ring substituents is 1. The van der Waals surface area contributed by atoms with Gasteiger partial charge in [0, 0.05) is 35.3 Å². The number of hydrogen-bond acceptors (Lipinski definition) is 4. The predicted molar refractivity (Wildman–Crippen MR) is 74.5 cm³/mol. The Kier molecular flexibility index (Phi) is 2.91. The fourth-order valence-corrected chi connectivity index (χ4v) is 3.50. The van der Waals surface area contributed by atoms with E-state index in [-0.39, 0.29) is 10.6 Å². The summed E-state index contributed by atoms with van der Waals surface area (Å²) in [5.74, 6) is 0. The fourth-order valence-electron chi connectivity index (χ4n) is 2.40. The topological polar surface area (TPSA) is 46.4 Å². The van der Waals surface area contributed by atoms with Crippen molar-refractivity contribution in [2.45, 2.75) is 19.3 Å². The van der Waals surface area contributed by atoms with Crippen LogP contribution in [0.5, 0.6) is 0 Å². The van der Waals surface area contributed by atoms with Crippen LogP contribution in [0.1, 0.15) is 19.3 Å². The van der Waals surface area contributed by atoms with Gasteiger partial charge < -0.3 is 4.90 Å². The number of hydrogen-bond donors (Lipinski definition) is 0. The van der Waals surface area contributed by atoms with E-state index in [1.54, 1.807) is 23.5 Å². The number of rotatable bonds is 2. The van der Waals surface area contributed by atoms with E-state index in [1.165, 1.54) is 24.3 Å². The van der Waals surface area contributed by atoms with Crippen molar-refractivity contribution in [2.24, 2.45) is 0 Å². The molecule has 1 fully saturated rings. The SMILES string of the molecule is O=[N+]([O-])c1ccc2sc(N3CCCCC3)cc2c1. The van der Waals surface area contributed by atoms with Crippen molar-refractivity contribution in [2.75, 3.05) is 18.0 Å². The Balaban J connectivity index is 1.97. The second-order valence-corrected chi connectivity index (χ2v) is 5.67. The zero-order valence-electron chi connectivity index (χ0n) is 9.96. The van der Waals surface area contributed by atoms with Gasteiger partial charge in [0.2, 0.25) is 0 Å². The average Bonchev–Trinajstić information content (AvgIpc) is 2.82. The second-order valence-electron chi connectivity index (χ2n) is 4.61. The van der Waals surface area contributed by atoms with Crippen LogP contribution in [-0.2, 0) is 0 Å². The van der Waals surface area contributed by atoms with Gasteiger partial charge in [-0.05, 0) is 31.4 Å². The molecule has 4 nitrogen and oxygen atoms in total. The summed E-state index contributed by atoms with van der Waals surface area (Å²) >= 11 is 1.73. The first-order chi connectivity index (χ1) is 8.74. The van der Waals surface area contributed by atoms with Gasteiger partial charge >= 0.3 is 0 Å². The van der Waals surface area contributed by atoms with E-state index in [4.69, 9.17) is 0 Å². The minimum Gasteiger partial charge on any atom is -0.363 e. The van der Waals surface area contributed by atoms with Crippen LogP contribution in [0.2, 0.25) is 0 Å². The summed E-state index contributed by atoms with van der Waals surface area (Å²) < 4.78 is 1.13. The highest BCUT2D eigenvalue weighted by Crippen LogP contribution is 2.35. The largest absolute Gasteiger partial charge is 0.363 e. The number of nitro groups is 1. The van der Waals surface area contributed by atoms with E-state index in [9.17, 15) is 10.1 Å². The molecule has 1 saturated heterocycles. The number of fused-ring (bicyclic) bond motifs is 1. The number of non-ortho nitro benzene ring substituents is 1. The van der Waals surface area contributed by atoms with Gasteiger partial charge in [-0.25, -0.2) is 0 Å². The third kappa shape index (κ3) is 2.06. The summed E-state index contributed by atoms with van der Waals surface area (Å²) in [6.07, 6.45) is 3.80. The Hall–Kier alpha value is -1.62. The molecule has 3 rings (SSSR count). The Bertz CT molecular complexity index is 588. The lowest BCUT2D eigenvalue weighted by molar-refractivity contribution is -0.384. The molecule has 0 unspecified atom stereocenters. The van der Waals surface area contributed by atoms with Crippen LogP contribution in [-0.4, -0.2) is 18.0 Å². The molecule has 0 radical (unpaired) electrons. The van der Waals surface area contributed by atoms with E-state index in [2.05, 4.69) is 11.0 Å². The van der Waals surface area contributed by atoms with Crippen LogP contribution in [0.3, 0.4) is 0 Å². The number of nitrogens with zero attached hydrogens (tertiary/aromatic N) is 2. The van der Waals surface area contributed by atoms with Gasteiger partial charge in [0.15, 0.2) is 0 Å². The molecule has 5 heteroatoms. The lowest BCUT2D eigenvalue weighted by Gasteiger charge is -2.26. The maximum absolute atomic E-state index is 10.8. The molecule has 18 heavy (non-hydrogen) atoms. The van der Waals surface area contributed by atoms with Crippen molar-refractivity contribution < 1.29 is 4.92 Å². The molecule has 1 aliphatic heterocycles. The number of benzene rings is 1. The van der Waals surface area contributed by atoms with Crippen molar-refractivity contribution in [3.05, 3.63) is 34.4 Å². The fraction of sp³-hybridized carbons (Fsp3) is 0.385. The number of piperidine rings is 1. The van der Waals surface area contributed by atoms with Crippen LogP contribution in [0.25, 0.3) is 10.1 Å². The Morgan fingerprint density at radius 2 is 1.94 bits per heavy atom. The molecule has 0 N–H and O–H groups in total. The van der Waals surface area contributed by atoms with E-state index in [0.29, 0.717) is 0 Å². The summed E-state index contributed by atoms with van der Waals surface area (Å²) in [5.41, 5.74) is 0.172. The molecule has 0 aliphatic carbocycles. The number of anilines is 1. The molecule has 0 atom stereocenters. The van der Waals surface area contributed by atoms with Crippen molar-refractivity contribution in [1.29, 1.82) is 0 Å².